The number of carbonyl (C=O) groups is 1. The number of aliphatic carboxylic acids is 1. The predicted octanol–water partition coefficient (Wildman–Crippen LogP) is 3.14. The number of rotatable bonds is 6. The molecule has 1 atom stereocenters. The fourth-order valence-electron chi connectivity index (χ4n) is 2.44. The van der Waals surface area contributed by atoms with Crippen molar-refractivity contribution in [2.75, 3.05) is 7.11 Å². The molecule has 1 aromatic heterocycles. The first kappa shape index (κ1) is 15.5. The molecule has 0 aromatic carbocycles. The van der Waals surface area contributed by atoms with Crippen LogP contribution in [0.1, 0.15) is 43.5 Å². The van der Waals surface area contributed by atoms with Gasteiger partial charge in [-0.1, -0.05) is 13.3 Å². The molecule has 1 unspecified atom stereocenters. The van der Waals surface area contributed by atoms with Gasteiger partial charge in [0.05, 0.1) is 12.5 Å². The number of carboxylic acid groups (broad SMARTS) is 1. The van der Waals surface area contributed by atoms with Gasteiger partial charge in [-0.3, -0.25) is 9.78 Å². The zero-order valence-electron chi connectivity index (χ0n) is 12.4. The van der Waals surface area contributed by atoms with Gasteiger partial charge in [0, 0.05) is 29.4 Å². The first-order valence-corrected chi connectivity index (χ1v) is 6.58. The summed E-state index contributed by atoms with van der Waals surface area (Å²) in [5.41, 5.74) is 1.94. The summed E-state index contributed by atoms with van der Waals surface area (Å²) in [6, 6.07) is 0. The molecule has 19 heavy (non-hydrogen) atoms. The molecule has 1 rings (SSSR count). The van der Waals surface area contributed by atoms with E-state index < -0.39 is 11.4 Å². The molecule has 0 amide bonds. The standard InChI is InChI=1S/C15H23NO3/c1-6-7-15(4,14(17)18)8-12-11(3)13(19-5)10(2)9-16-12/h9H,6-8H2,1-5H3,(H,17,18). The van der Waals surface area contributed by atoms with Gasteiger partial charge >= 0.3 is 5.97 Å². The third-order valence-electron chi connectivity index (χ3n) is 3.63. The van der Waals surface area contributed by atoms with Gasteiger partial charge in [-0.05, 0) is 27.2 Å². The highest BCUT2D eigenvalue weighted by molar-refractivity contribution is 5.74. The predicted molar refractivity (Wildman–Crippen MR) is 74.6 cm³/mol. The number of aromatic nitrogens is 1. The van der Waals surface area contributed by atoms with Gasteiger partial charge in [0.25, 0.3) is 0 Å². The molecule has 0 aliphatic carbocycles. The Morgan fingerprint density at radius 3 is 2.58 bits per heavy atom. The van der Waals surface area contributed by atoms with E-state index in [0.717, 1.165) is 29.0 Å². The van der Waals surface area contributed by atoms with Gasteiger partial charge in [0.15, 0.2) is 0 Å². The fraction of sp³-hybridized carbons (Fsp3) is 0.600. The summed E-state index contributed by atoms with van der Waals surface area (Å²) in [5.74, 6) is 0.0318. The molecule has 1 aromatic rings. The van der Waals surface area contributed by atoms with Crippen molar-refractivity contribution in [2.24, 2.45) is 5.41 Å². The van der Waals surface area contributed by atoms with Crippen LogP contribution in [0.5, 0.6) is 5.75 Å². The number of hydrogen-bond donors (Lipinski definition) is 1. The van der Waals surface area contributed by atoms with Crippen LogP contribution in [-0.2, 0) is 11.2 Å². The van der Waals surface area contributed by atoms with Crippen LogP contribution in [0.15, 0.2) is 6.20 Å². The van der Waals surface area contributed by atoms with Crippen molar-refractivity contribution in [3.63, 3.8) is 0 Å². The van der Waals surface area contributed by atoms with E-state index in [-0.39, 0.29) is 0 Å². The van der Waals surface area contributed by atoms with Crippen molar-refractivity contribution >= 4 is 5.97 Å². The molecule has 1 heterocycles. The number of methoxy groups -OCH3 is 1. The second kappa shape index (κ2) is 6.04. The normalized spacial score (nSPS) is 13.9. The van der Waals surface area contributed by atoms with E-state index >= 15 is 0 Å². The topological polar surface area (TPSA) is 59.4 Å². The highest BCUT2D eigenvalue weighted by Gasteiger charge is 2.33. The van der Waals surface area contributed by atoms with E-state index in [0.29, 0.717) is 12.8 Å². The summed E-state index contributed by atoms with van der Waals surface area (Å²) in [6.45, 7) is 7.65. The van der Waals surface area contributed by atoms with E-state index in [1.165, 1.54) is 0 Å². The van der Waals surface area contributed by atoms with Gasteiger partial charge in [-0.2, -0.15) is 0 Å². The largest absolute Gasteiger partial charge is 0.496 e. The molecule has 0 fully saturated rings. The number of nitrogens with zero attached hydrogens (tertiary/aromatic N) is 1. The van der Waals surface area contributed by atoms with Crippen molar-refractivity contribution in [2.45, 2.75) is 47.0 Å². The van der Waals surface area contributed by atoms with E-state index in [9.17, 15) is 9.90 Å². The Balaban J connectivity index is 3.14. The zero-order chi connectivity index (χ0) is 14.6. The minimum absolute atomic E-state index is 0.429. The van der Waals surface area contributed by atoms with E-state index in [2.05, 4.69) is 4.98 Å². The first-order chi connectivity index (χ1) is 8.85. The van der Waals surface area contributed by atoms with Crippen molar-refractivity contribution in [3.8, 4) is 5.75 Å². The maximum Gasteiger partial charge on any atom is 0.309 e. The van der Waals surface area contributed by atoms with Crippen LogP contribution in [0.3, 0.4) is 0 Å². The molecule has 0 saturated heterocycles. The van der Waals surface area contributed by atoms with Crippen LogP contribution < -0.4 is 4.74 Å². The van der Waals surface area contributed by atoms with E-state index in [1.54, 1.807) is 20.2 Å². The lowest BCUT2D eigenvalue weighted by molar-refractivity contribution is -0.148. The monoisotopic (exact) mass is 265 g/mol. The Labute approximate surface area is 114 Å². The van der Waals surface area contributed by atoms with Gasteiger partial charge in [0.2, 0.25) is 0 Å². The number of carboxylic acids is 1. The van der Waals surface area contributed by atoms with Crippen molar-refractivity contribution in [3.05, 3.63) is 23.0 Å². The Morgan fingerprint density at radius 2 is 2.11 bits per heavy atom. The van der Waals surface area contributed by atoms with Crippen LogP contribution in [0, 0.1) is 19.3 Å². The van der Waals surface area contributed by atoms with Crippen molar-refractivity contribution < 1.29 is 14.6 Å². The maximum atomic E-state index is 11.5. The van der Waals surface area contributed by atoms with Crippen LogP contribution in [0.4, 0.5) is 0 Å². The first-order valence-electron chi connectivity index (χ1n) is 6.58. The average Bonchev–Trinajstić information content (AvgIpc) is 2.34. The quantitative estimate of drug-likeness (QED) is 0.858. The lowest BCUT2D eigenvalue weighted by Gasteiger charge is -2.25. The molecule has 0 radical (unpaired) electrons. The van der Waals surface area contributed by atoms with E-state index in [1.807, 2.05) is 20.8 Å². The van der Waals surface area contributed by atoms with Crippen LogP contribution in [-0.4, -0.2) is 23.2 Å². The molecule has 0 bridgehead atoms. The van der Waals surface area contributed by atoms with Gasteiger partial charge in [0.1, 0.15) is 5.75 Å². The van der Waals surface area contributed by atoms with Crippen molar-refractivity contribution in [1.29, 1.82) is 0 Å². The number of ether oxygens (including phenoxy) is 1. The maximum absolute atomic E-state index is 11.5. The molecule has 0 saturated carbocycles. The summed E-state index contributed by atoms with van der Waals surface area (Å²) < 4.78 is 5.36. The molecule has 0 spiro atoms. The van der Waals surface area contributed by atoms with Gasteiger partial charge < -0.3 is 9.84 Å². The second-order valence-corrected chi connectivity index (χ2v) is 5.34. The third-order valence-corrected chi connectivity index (χ3v) is 3.63. The fourth-order valence-corrected chi connectivity index (χ4v) is 2.44. The van der Waals surface area contributed by atoms with Crippen LogP contribution in [0.2, 0.25) is 0 Å². The average molecular weight is 265 g/mol. The van der Waals surface area contributed by atoms with Crippen molar-refractivity contribution in [1.82, 2.24) is 4.98 Å². The van der Waals surface area contributed by atoms with Crippen LogP contribution >= 0.6 is 0 Å². The molecular weight excluding hydrogens is 242 g/mol. The second-order valence-electron chi connectivity index (χ2n) is 5.34. The third kappa shape index (κ3) is 3.25. The minimum atomic E-state index is -0.771. The van der Waals surface area contributed by atoms with Gasteiger partial charge in [-0.15, -0.1) is 0 Å². The smallest absolute Gasteiger partial charge is 0.309 e. The number of hydrogen-bond acceptors (Lipinski definition) is 3. The Bertz CT molecular complexity index is 471. The molecular formula is C15H23NO3. The SMILES string of the molecule is CCCC(C)(Cc1ncc(C)c(OC)c1C)C(=O)O. The zero-order valence-corrected chi connectivity index (χ0v) is 12.4. The summed E-state index contributed by atoms with van der Waals surface area (Å²) >= 11 is 0. The molecule has 0 aliphatic rings. The summed E-state index contributed by atoms with van der Waals surface area (Å²) in [6.07, 6.45) is 3.65. The summed E-state index contributed by atoms with van der Waals surface area (Å²) in [4.78, 5) is 15.9. The van der Waals surface area contributed by atoms with Crippen LogP contribution in [0.25, 0.3) is 0 Å². The lowest BCUT2D eigenvalue weighted by Crippen LogP contribution is -2.30. The molecule has 4 heteroatoms. The molecule has 1 N–H and O–H groups in total. The van der Waals surface area contributed by atoms with Gasteiger partial charge in [-0.25, -0.2) is 0 Å². The molecule has 0 aliphatic heterocycles. The lowest BCUT2D eigenvalue weighted by atomic mass is 9.80. The highest BCUT2D eigenvalue weighted by Crippen LogP contribution is 2.32. The summed E-state index contributed by atoms with van der Waals surface area (Å²) in [7, 11) is 1.63. The minimum Gasteiger partial charge on any atom is -0.496 e. The highest BCUT2D eigenvalue weighted by atomic mass is 16.5. The van der Waals surface area contributed by atoms with E-state index in [4.69, 9.17) is 4.74 Å². The number of aryl methyl sites for hydroxylation is 1. The molecule has 4 nitrogen and oxygen atoms in total. The Kier molecular flexibility index (Phi) is 4.92. The Morgan fingerprint density at radius 1 is 1.47 bits per heavy atom. The molecule has 106 valence electrons. The summed E-state index contributed by atoms with van der Waals surface area (Å²) in [5, 5.41) is 9.44. The Hall–Kier alpha value is -1.58. The number of pyridine rings is 1.